The molecule has 0 aromatic carbocycles. The van der Waals surface area contributed by atoms with E-state index in [1.54, 1.807) is 13.1 Å². The van der Waals surface area contributed by atoms with Gasteiger partial charge in [-0.1, -0.05) is 6.07 Å². The number of aryl methyl sites for hydroxylation is 2. The van der Waals surface area contributed by atoms with E-state index < -0.39 is 0 Å². The first-order chi connectivity index (χ1) is 7.15. The quantitative estimate of drug-likeness (QED) is 0.759. The summed E-state index contributed by atoms with van der Waals surface area (Å²) in [5.41, 5.74) is 2.30. The summed E-state index contributed by atoms with van der Waals surface area (Å²) in [6.07, 6.45) is 1.75. The van der Waals surface area contributed by atoms with Crippen molar-refractivity contribution in [3.8, 4) is 11.5 Å². The number of aromatic amines is 1. The molecule has 2 heterocycles. The van der Waals surface area contributed by atoms with Crippen molar-refractivity contribution in [3.05, 3.63) is 46.0 Å². The Morgan fingerprint density at radius 3 is 2.67 bits per heavy atom. The Morgan fingerprint density at radius 2 is 2.07 bits per heavy atom. The maximum Gasteiger partial charge on any atom is 0.251 e. The Hall–Kier alpha value is -1.97. The fourth-order valence-electron chi connectivity index (χ4n) is 1.31. The molecule has 0 aliphatic rings. The molecule has 0 amide bonds. The van der Waals surface area contributed by atoms with Crippen LogP contribution in [0.15, 0.2) is 29.2 Å². The third-order valence-electron chi connectivity index (χ3n) is 2.02. The first-order valence-corrected chi connectivity index (χ1v) is 4.66. The van der Waals surface area contributed by atoms with Crippen molar-refractivity contribution in [2.75, 3.05) is 0 Å². The van der Waals surface area contributed by atoms with Crippen LogP contribution in [0.25, 0.3) is 11.5 Å². The van der Waals surface area contributed by atoms with Crippen molar-refractivity contribution in [3.63, 3.8) is 0 Å². The number of aromatic nitrogens is 3. The average Bonchev–Trinajstić information content (AvgIpc) is 2.17. The summed E-state index contributed by atoms with van der Waals surface area (Å²) in [5, 5.41) is 0. The van der Waals surface area contributed by atoms with Gasteiger partial charge < -0.3 is 4.98 Å². The van der Waals surface area contributed by atoms with E-state index in [4.69, 9.17) is 0 Å². The molecule has 4 heteroatoms. The molecular formula is C11H11N3O. The molecule has 4 nitrogen and oxygen atoms in total. The lowest BCUT2D eigenvalue weighted by Crippen LogP contribution is -2.09. The molecule has 0 spiro atoms. The van der Waals surface area contributed by atoms with Gasteiger partial charge >= 0.3 is 0 Å². The molecule has 2 aromatic heterocycles. The molecule has 0 saturated heterocycles. The number of H-pyrrole nitrogens is 1. The molecule has 2 rings (SSSR count). The largest absolute Gasteiger partial charge is 0.305 e. The predicted octanol–water partition coefficient (Wildman–Crippen LogP) is 1.45. The second-order valence-electron chi connectivity index (χ2n) is 3.46. The Labute approximate surface area is 87.0 Å². The molecular weight excluding hydrogens is 190 g/mol. The predicted molar refractivity (Wildman–Crippen MR) is 57.6 cm³/mol. The van der Waals surface area contributed by atoms with Crippen LogP contribution in [0, 0.1) is 13.8 Å². The first kappa shape index (κ1) is 9.58. The highest BCUT2D eigenvalue weighted by Gasteiger charge is 2.02. The topological polar surface area (TPSA) is 58.6 Å². The minimum Gasteiger partial charge on any atom is -0.305 e. The summed E-state index contributed by atoms with van der Waals surface area (Å²) in [6, 6.07) is 5.23. The Kier molecular flexibility index (Phi) is 2.33. The van der Waals surface area contributed by atoms with E-state index in [9.17, 15) is 4.79 Å². The van der Waals surface area contributed by atoms with Gasteiger partial charge in [0, 0.05) is 18.0 Å². The van der Waals surface area contributed by atoms with E-state index in [0.717, 1.165) is 5.56 Å². The van der Waals surface area contributed by atoms with Crippen LogP contribution in [-0.2, 0) is 0 Å². The summed E-state index contributed by atoms with van der Waals surface area (Å²) < 4.78 is 0. The summed E-state index contributed by atoms with van der Waals surface area (Å²) in [4.78, 5) is 22.3. The highest BCUT2D eigenvalue weighted by atomic mass is 16.1. The van der Waals surface area contributed by atoms with Crippen LogP contribution < -0.4 is 5.56 Å². The molecule has 1 N–H and O–H groups in total. The van der Waals surface area contributed by atoms with Gasteiger partial charge in [-0.3, -0.25) is 9.78 Å². The zero-order chi connectivity index (χ0) is 10.8. The van der Waals surface area contributed by atoms with Gasteiger partial charge in [0.05, 0.1) is 0 Å². The van der Waals surface area contributed by atoms with E-state index in [2.05, 4.69) is 15.0 Å². The highest BCUT2D eigenvalue weighted by molar-refractivity contribution is 5.48. The van der Waals surface area contributed by atoms with Crippen LogP contribution in [0.4, 0.5) is 0 Å². The van der Waals surface area contributed by atoms with Gasteiger partial charge in [0.2, 0.25) is 0 Å². The standard InChI is InChI=1S/C11H11N3O/c1-7-3-4-9(12-6-7)11-13-8(2)5-10(15)14-11/h3-6H,1-2H3,(H,13,14,15). The van der Waals surface area contributed by atoms with Gasteiger partial charge in [-0.15, -0.1) is 0 Å². The lowest BCUT2D eigenvalue weighted by Gasteiger charge is -2.00. The lowest BCUT2D eigenvalue weighted by atomic mass is 10.2. The molecule has 0 saturated carbocycles. The first-order valence-electron chi connectivity index (χ1n) is 4.66. The Balaban J connectivity index is 2.54. The SMILES string of the molecule is Cc1ccc(-c2nc(C)cc(=O)[nH]2)nc1. The van der Waals surface area contributed by atoms with Gasteiger partial charge in [0.25, 0.3) is 5.56 Å². The minimum absolute atomic E-state index is 0.153. The molecule has 2 aromatic rings. The zero-order valence-corrected chi connectivity index (χ0v) is 8.61. The lowest BCUT2D eigenvalue weighted by molar-refractivity contribution is 1.05. The van der Waals surface area contributed by atoms with Gasteiger partial charge in [-0.25, -0.2) is 4.98 Å². The van der Waals surface area contributed by atoms with Crippen LogP contribution in [0.2, 0.25) is 0 Å². The smallest absolute Gasteiger partial charge is 0.251 e. The van der Waals surface area contributed by atoms with E-state index in [-0.39, 0.29) is 5.56 Å². The van der Waals surface area contributed by atoms with Gasteiger partial charge in [-0.05, 0) is 25.5 Å². The molecule has 15 heavy (non-hydrogen) atoms. The second-order valence-corrected chi connectivity index (χ2v) is 3.46. The van der Waals surface area contributed by atoms with Crippen LogP contribution in [0.1, 0.15) is 11.3 Å². The number of nitrogens with zero attached hydrogens (tertiary/aromatic N) is 2. The van der Waals surface area contributed by atoms with E-state index >= 15 is 0 Å². The third-order valence-corrected chi connectivity index (χ3v) is 2.02. The van der Waals surface area contributed by atoms with Crippen molar-refractivity contribution in [2.24, 2.45) is 0 Å². The maximum atomic E-state index is 11.2. The van der Waals surface area contributed by atoms with Gasteiger partial charge in [-0.2, -0.15) is 0 Å². The normalized spacial score (nSPS) is 10.3. The van der Waals surface area contributed by atoms with Crippen LogP contribution in [0.5, 0.6) is 0 Å². The molecule has 0 unspecified atom stereocenters. The molecule has 0 fully saturated rings. The number of hydrogen-bond donors (Lipinski definition) is 1. The number of pyridine rings is 1. The van der Waals surface area contributed by atoms with Crippen molar-refractivity contribution in [1.29, 1.82) is 0 Å². The fourth-order valence-corrected chi connectivity index (χ4v) is 1.31. The third kappa shape index (κ3) is 2.10. The summed E-state index contributed by atoms with van der Waals surface area (Å²) >= 11 is 0. The number of rotatable bonds is 1. The monoisotopic (exact) mass is 201 g/mol. The van der Waals surface area contributed by atoms with Crippen molar-refractivity contribution in [1.82, 2.24) is 15.0 Å². The van der Waals surface area contributed by atoms with Crippen LogP contribution in [0.3, 0.4) is 0 Å². The second kappa shape index (κ2) is 3.65. The fraction of sp³-hybridized carbons (Fsp3) is 0.182. The van der Waals surface area contributed by atoms with E-state index in [0.29, 0.717) is 17.2 Å². The molecule has 0 aliphatic carbocycles. The average molecular weight is 201 g/mol. The minimum atomic E-state index is -0.153. The molecule has 0 aliphatic heterocycles. The van der Waals surface area contributed by atoms with Crippen molar-refractivity contribution >= 4 is 0 Å². The molecule has 0 atom stereocenters. The molecule has 0 radical (unpaired) electrons. The summed E-state index contributed by atoms with van der Waals surface area (Å²) in [5.74, 6) is 0.514. The summed E-state index contributed by atoms with van der Waals surface area (Å²) in [6.45, 7) is 3.75. The Morgan fingerprint density at radius 1 is 1.27 bits per heavy atom. The molecule has 76 valence electrons. The van der Waals surface area contributed by atoms with Crippen LogP contribution in [-0.4, -0.2) is 15.0 Å². The maximum absolute atomic E-state index is 11.2. The number of hydrogen-bond acceptors (Lipinski definition) is 3. The number of nitrogens with one attached hydrogen (secondary N) is 1. The van der Waals surface area contributed by atoms with E-state index in [1.165, 1.54) is 6.07 Å². The summed E-state index contributed by atoms with van der Waals surface area (Å²) in [7, 11) is 0. The van der Waals surface area contributed by atoms with Crippen molar-refractivity contribution < 1.29 is 0 Å². The van der Waals surface area contributed by atoms with Gasteiger partial charge in [0.15, 0.2) is 5.82 Å². The van der Waals surface area contributed by atoms with Crippen molar-refractivity contribution in [2.45, 2.75) is 13.8 Å². The molecule has 0 bridgehead atoms. The van der Waals surface area contributed by atoms with Gasteiger partial charge in [0.1, 0.15) is 5.69 Å². The highest BCUT2D eigenvalue weighted by Crippen LogP contribution is 2.10. The zero-order valence-electron chi connectivity index (χ0n) is 8.61. The Bertz CT molecular complexity index is 528. The van der Waals surface area contributed by atoms with E-state index in [1.807, 2.05) is 19.1 Å². The van der Waals surface area contributed by atoms with Crippen LogP contribution >= 0.6 is 0 Å².